The number of amides is 2. The highest BCUT2D eigenvalue weighted by molar-refractivity contribution is 5.89. The Balaban J connectivity index is 1.57. The summed E-state index contributed by atoms with van der Waals surface area (Å²) >= 11 is 0. The average molecular weight is 269 g/mol. The van der Waals surface area contributed by atoms with E-state index in [1.807, 2.05) is 0 Å². The number of urea groups is 1. The molecule has 4 heteroatoms. The molecule has 4 nitrogen and oxygen atoms in total. The second-order valence-electron chi connectivity index (χ2n) is 5.83. The van der Waals surface area contributed by atoms with Gasteiger partial charge in [-0.25, -0.2) is 4.79 Å². The Kier molecular flexibility index (Phi) is 3.60. The minimum absolute atomic E-state index is 0.155. The Labute approximate surface area is 119 Å². The first-order valence-electron chi connectivity index (χ1n) is 7.34. The molecule has 0 spiro atoms. The molecule has 2 atom stereocenters. The molecule has 2 unspecified atom stereocenters. The SMILES string of the molecule is N#Cc1cccc(NC(=O)NC2CCCC2C2CC2)c1. The maximum atomic E-state index is 12.1. The van der Waals surface area contributed by atoms with E-state index in [9.17, 15) is 4.79 Å². The third kappa shape index (κ3) is 2.93. The molecule has 1 aromatic carbocycles. The van der Waals surface area contributed by atoms with Gasteiger partial charge in [0.15, 0.2) is 0 Å². The zero-order valence-corrected chi connectivity index (χ0v) is 11.4. The van der Waals surface area contributed by atoms with Crippen LogP contribution in [0.5, 0.6) is 0 Å². The fourth-order valence-corrected chi connectivity index (χ4v) is 3.26. The summed E-state index contributed by atoms with van der Waals surface area (Å²) in [6, 6.07) is 9.22. The first-order valence-corrected chi connectivity index (χ1v) is 7.34. The molecular weight excluding hydrogens is 250 g/mol. The van der Waals surface area contributed by atoms with Crippen LogP contribution in [0.15, 0.2) is 24.3 Å². The highest BCUT2D eigenvalue weighted by Crippen LogP contribution is 2.45. The molecule has 0 bridgehead atoms. The van der Waals surface area contributed by atoms with Crippen LogP contribution < -0.4 is 10.6 Å². The Morgan fingerprint density at radius 3 is 2.85 bits per heavy atom. The van der Waals surface area contributed by atoms with E-state index >= 15 is 0 Å². The van der Waals surface area contributed by atoms with Crippen LogP contribution in [0.1, 0.15) is 37.7 Å². The molecule has 0 aliphatic heterocycles. The van der Waals surface area contributed by atoms with Gasteiger partial charge in [0.25, 0.3) is 0 Å². The van der Waals surface area contributed by atoms with Gasteiger partial charge < -0.3 is 10.6 Å². The van der Waals surface area contributed by atoms with Crippen LogP contribution in [-0.4, -0.2) is 12.1 Å². The van der Waals surface area contributed by atoms with E-state index in [1.165, 1.54) is 25.7 Å². The van der Waals surface area contributed by atoms with Gasteiger partial charge in [-0.3, -0.25) is 0 Å². The molecule has 2 amide bonds. The van der Waals surface area contributed by atoms with E-state index in [1.54, 1.807) is 24.3 Å². The molecule has 0 aromatic heterocycles. The van der Waals surface area contributed by atoms with Crippen molar-refractivity contribution in [1.29, 1.82) is 5.26 Å². The molecule has 0 heterocycles. The lowest BCUT2D eigenvalue weighted by Gasteiger charge is -2.21. The van der Waals surface area contributed by atoms with Crippen LogP contribution in [0.2, 0.25) is 0 Å². The molecule has 3 rings (SSSR count). The van der Waals surface area contributed by atoms with Crippen LogP contribution >= 0.6 is 0 Å². The number of nitriles is 1. The number of benzene rings is 1. The fraction of sp³-hybridized carbons (Fsp3) is 0.500. The Bertz CT molecular complexity index is 545. The van der Waals surface area contributed by atoms with Gasteiger partial charge in [-0.2, -0.15) is 5.26 Å². The molecule has 1 aromatic rings. The third-order valence-corrected chi connectivity index (χ3v) is 4.36. The largest absolute Gasteiger partial charge is 0.335 e. The van der Waals surface area contributed by atoms with Crippen LogP contribution in [0.4, 0.5) is 10.5 Å². The van der Waals surface area contributed by atoms with Gasteiger partial charge >= 0.3 is 6.03 Å². The lowest BCUT2D eigenvalue weighted by Crippen LogP contribution is -2.40. The van der Waals surface area contributed by atoms with E-state index < -0.39 is 0 Å². The lowest BCUT2D eigenvalue weighted by molar-refractivity contribution is 0.243. The molecule has 2 saturated carbocycles. The number of nitrogens with one attached hydrogen (secondary N) is 2. The number of nitrogens with zero attached hydrogens (tertiary/aromatic N) is 1. The first-order chi connectivity index (χ1) is 9.76. The van der Waals surface area contributed by atoms with Crippen molar-refractivity contribution in [3.63, 3.8) is 0 Å². The minimum Gasteiger partial charge on any atom is -0.335 e. The predicted octanol–water partition coefficient (Wildman–Crippen LogP) is 3.26. The highest BCUT2D eigenvalue weighted by atomic mass is 16.2. The topological polar surface area (TPSA) is 64.9 Å². The smallest absolute Gasteiger partial charge is 0.319 e. The lowest BCUT2D eigenvalue weighted by atomic mass is 9.98. The molecule has 2 aliphatic rings. The molecule has 104 valence electrons. The third-order valence-electron chi connectivity index (χ3n) is 4.36. The highest BCUT2D eigenvalue weighted by Gasteiger charge is 2.39. The van der Waals surface area contributed by atoms with Crippen molar-refractivity contribution in [1.82, 2.24) is 5.32 Å². The van der Waals surface area contributed by atoms with Crippen molar-refractivity contribution < 1.29 is 4.79 Å². The molecule has 2 fully saturated rings. The first kappa shape index (κ1) is 13.0. The number of carbonyl (C=O) groups excluding carboxylic acids is 1. The summed E-state index contributed by atoms with van der Waals surface area (Å²) in [6.07, 6.45) is 6.21. The van der Waals surface area contributed by atoms with Crippen molar-refractivity contribution in [2.45, 2.75) is 38.1 Å². The van der Waals surface area contributed by atoms with Gasteiger partial charge in [0.05, 0.1) is 11.6 Å². The maximum absolute atomic E-state index is 12.1. The summed E-state index contributed by atoms with van der Waals surface area (Å²) < 4.78 is 0. The molecular formula is C16H19N3O. The normalized spacial score (nSPS) is 24.9. The van der Waals surface area contributed by atoms with Crippen molar-refractivity contribution in [2.24, 2.45) is 11.8 Å². The monoisotopic (exact) mass is 269 g/mol. The predicted molar refractivity (Wildman–Crippen MR) is 77.2 cm³/mol. The fourth-order valence-electron chi connectivity index (χ4n) is 3.26. The van der Waals surface area contributed by atoms with Gasteiger partial charge in [0, 0.05) is 11.7 Å². The molecule has 0 saturated heterocycles. The summed E-state index contributed by atoms with van der Waals surface area (Å²) in [6.45, 7) is 0. The van der Waals surface area contributed by atoms with Gasteiger partial charge in [-0.15, -0.1) is 0 Å². The second-order valence-corrected chi connectivity index (χ2v) is 5.83. The van der Waals surface area contributed by atoms with E-state index in [0.717, 1.165) is 12.3 Å². The van der Waals surface area contributed by atoms with Crippen LogP contribution in [-0.2, 0) is 0 Å². The standard InChI is InChI=1S/C16H19N3O/c17-10-11-3-1-4-13(9-11)18-16(20)19-15-6-2-5-14(15)12-7-8-12/h1,3-4,9,12,14-15H,2,5-8H2,(H2,18,19,20). The Morgan fingerprint density at radius 1 is 1.25 bits per heavy atom. The zero-order valence-electron chi connectivity index (χ0n) is 11.4. The van der Waals surface area contributed by atoms with Crippen molar-refractivity contribution in [3.05, 3.63) is 29.8 Å². The molecule has 0 radical (unpaired) electrons. The Morgan fingerprint density at radius 2 is 2.10 bits per heavy atom. The summed E-state index contributed by atoms with van der Waals surface area (Å²) in [7, 11) is 0. The van der Waals surface area contributed by atoms with Crippen LogP contribution in [0, 0.1) is 23.2 Å². The number of carbonyl (C=O) groups is 1. The minimum atomic E-state index is -0.155. The van der Waals surface area contributed by atoms with Gasteiger partial charge in [-0.05, 0) is 55.7 Å². The molecule has 20 heavy (non-hydrogen) atoms. The van der Waals surface area contributed by atoms with Crippen LogP contribution in [0.3, 0.4) is 0 Å². The molecule has 2 N–H and O–H groups in total. The quantitative estimate of drug-likeness (QED) is 0.884. The van der Waals surface area contributed by atoms with Crippen molar-refractivity contribution in [2.75, 3.05) is 5.32 Å². The summed E-state index contributed by atoms with van der Waals surface area (Å²) in [5.74, 6) is 1.51. The number of anilines is 1. The zero-order chi connectivity index (χ0) is 13.9. The second kappa shape index (κ2) is 5.54. The van der Waals surface area contributed by atoms with Gasteiger partial charge in [0.1, 0.15) is 0 Å². The van der Waals surface area contributed by atoms with Crippen molar-refractivity contribution in [3.8, 4) is 6.07 Å². The molecule has 2 aliphatic carbocycles. The number of hydrogen-bond acceptors (Lipinski definition) is 2. The number of rotatable bonds is 3. The van der Waals surface area contributed by atoms with E-state index in [4.69, 9.17) is 5.26 Å². The van der Waals surface area contributed by atoms with Crippen LogP contribution in [0.25, 0.3) is 0 Å². The van der Waals surface area contributed by atoms with E-state index in [-0.39, 0.29) is 6.03 Å². The average Bonchev–Trinajstić information content (AvgIpc) is 3.19. The van der Waals surface area contributed by atoms with E-state index in [0.29, 0.717) is 23.2 Å². The number of hydrogen-bond donors (Lipinski definition) is 2. The maximum Gasteiger partial charge on any atom is 0.319 e. The van der Waals surface area contributed by atoms with Crippen molar-refractivity contribution >= 4 is 11.7 Å². The van der Waals surface area contributed by atoms with Gasteiger partial charge in [-0.1, -0.05) is 12.5 Å². The van der Waals surface area contributed by atoms with Gasteiger partial charge in [0.2, 0.25) is 0 Å². The summed E-state index contributed by atoms with van der Waals surface area (Å²) in [5, 5.41) is 14.8. The van der Waals surface area contributed by atoms with E-state index in [2.05, 4.69) is 16.7 Å². The Hall–Kier alpha value is -2.02. The summed E-state index contributed by atoms with van der Waals surface area (Å²) in [4.78, 5) is 12.1. The summed E-state index contributed by atoms with van der Waals surface area (Å²) in [5.41, 5.74) is 1.22.